The van der Waals surface area contributed by atoms with E-state index in [1.165, 1.54) is 14.2 Å². The fourth-order valence-electron chi connectivity index (χ4n) is 2.91. The second kappa shape index (κ2) is 10.1. The van der Waals surface area contributed by atoms with E-state index in [0.29, 0.717) is 30.3 Å². The highest BCUT2D eigenvalue weighted by Gasteiger charge is 2.25. The normalized spacial score (nSPS) is 18.6. The molecule has 8 nitrogen and oxygen atoms in total. The molecule has 2 N–H and O–H groups in total. The van der Waals surface area contributed by atoms with Crippen LogP contribution in [-0.2, 0) is 19.1 Å². The van der Waals surface area contributed by atoms with Gasteiger partial charge < -0.3 is 29.4 Å². The highest BCUT2D eigenvalue weighted by Crippen LogP contribution is 2.31. The Hall–Kier alpha value is -2.32. The third kappa shape index (κ3) is 6.11. The first-order valence-corrected chi connectivity index (χ1v) is 8.92. The standard InChI is InChI=1S/C19H27NO7/c1-12(27-11-14-5-4-8-26-14)19(23)20-16(10-18(21)22)15-7-6-13(24-2)9-17(15)25-3/h6-7,9,12,14,16H,4-5,8,10-11H2,1-3H3,(H,20,23)(H,21,22). The summed E-state index contributed by atoms with van der Waals surface area (Å²) >= 11 is 0. The molecule has 1 amide bonds. The SMILES string of the molecule is COc1ccc(C(CC(=O)O)NC(=O)C(C)OCC2CCCO2)c(OC)c1. The van der Waals surface area contributed by atoms with Gasteiger partial charge in [-0.2, -0.15) is 0 Å². The second-order valence-corrected chi connectivity index (χ2v) is 6.38. The van der Waals surface area contributed by atoms with Crippen molar-refractivity contribution in [3.05, 3.63) is 23.8 Å². The van der Waals surface area contributed by atoms with Crippen molar-refractivity contribution in [3.8, 4) is 11.5 Å². The lowest BCUT2D eigenvalue weighted by molar-refractivity contribution is -0.138. The van der Waals surface area contributed by atoms with Crippen molar-refractivity contribution in [3.63, 3.8) is 0 Å². The van der Waals surface area contributed by atoms with Crippen LogP contribution in [-0.4, -0.2) is 56.6 Å². The Morgan fingerprint density at radius 2 is 2.11 bits per heavy atom. The number of carboxylic acids is 1. The maximum atomic E-state index is 12.5. The highest BCUT2D eigenvalue weighted by atomic mass is 16.5. The van der Waals surface area contributed by atoms with Crippen molar-refractivity contribution in [2.24, 2.45) is 0 Å². The van der Waals surface area contributed by atoms with E-state index in [0.717, 1.165) is 12.8 Å². The molecule has 0 saturated carbocycles. The van der Waals surface area contributed by atoms with Crippen molar-refractivity contribution < 1.29 is 33.6 Å². The summed E-state index contributed by atoms with van der Waals surface area (Å²) in [6.07, 6.45) is 0.907. The van der Waals surface area contributed by atoms with Crippen LogP contribution in [0.15, 0.2) is 18.2 Å². The first kappa shape index (κ1) is 21.0. The molecule has 0 radical (unpaired) electrons. The van der Waals surface area contributed by atoms with E-state index < -0.39 is 24.0 Å². The lowest BCUT2D eigenvalue weighted by Crippen LogP contribution is -2.39. The number of hydrogen-bond donors (Lipinski definition) is 2. The molecule has 1 aromatic rings. The van der Waals surface area contributed by atoms with Crippen LogP contribution >= 0.6 is 0 Å². The Kier molecular flexibility index (Phi) is 7.87. The van der Waals surface area contributed by atoms with E-state index in [4.69, 9.17) is 18.9 Å². The molecule has 150 valence electrons. The van der Waals surface area contributed by atoms with E-state index in [2.05, 4.69) is 5.32 Å². The van der Waals surface area contributed by atoms with Crippen LogP contribution in [0, 0.1) is 0 Å². The molecule has 1 saturated heterocycles. The minimum Gasteiger partial charge on any atom is -0.497 e. The molecule has 1 aliphatic heterocycles. The zero-order valence-corrected chi connectivity index (χ0v) is 15.9. The fourth-order valence-corrected chi connectivity index (χ4v) is 2.91. The van der Waals surface area contributed by atoms with Crippen molar-refractivity contribution >= 4 is 11.9 Å². The summed E-state index contributed by atoms with van der Waals surface area (Å²) < 4.78 is 21.6. The second-order valence-electron chi connectivity index (χ2n) is 6.38. The number of methoxy groups -OCH3 is 2. The van der Waals surface area contributed by atoms with Gasteiger partial charge in [-0.1, -0.05) is 0 Å². The number of amides is 1. The molecule has 1 heterocycles. The smallest absolute Gasteiger partial charge is 0.305 e. The van der Waals surface area contributed by atoms with Gasteiger partial charge in [-0.25, -0.2) is 0 Å². The molecule has 1 aliphatic rings. The molecular weight excluding hydrogens is 354 g/mol. The number of carboxylic acid groups (broad SMARTS) is 1. The van der Waals surface area contributed by atoms with Crippen LogP contribution in [0.4, 0.5) is 0 Å². The Morgan fingerprint density at radius 1 is 1.33 bits per heavy atom. The number of carbonyl (C=O) groups is 2. The number of benzene rings is 1. The van der Waals surface area contributed by atoms with Gasteiger partial charge in [0.05, 0.1) is 39.4 Å². The minimum absolute atomic E-state index is 0.0109. The number of aliphatic carboxylic acids is 1. The molecule has 0 spiro atoms. The zero-order chi connectivity index (χ0) is 19.8. The average molecular weight is 381 g/mol. The van der Waals surface area contributed by atoms with Gasteiger partial charge in [0.1, 0.15) is 17.6 Å². The van der Waals surface area contributed by atoms with Crippen molar-refractivity contribution in [2.45, 2.75) is 44.4 Å². The van der Waals surface area contributed by atoms with Gasteiger partial charge in [0.15, 0.2) is 0 Å². The summed E-state index contributed by atoms with van der Waals surface area (Å²) in [7, 11) is 3.00. The summed E-state index contributed by atoms with van der Waals surface area (Å²) in [5, 5.41) is 12.0. The van der Waals surface area contributed by atoms with Crippen molar-refractivity contribution in [2.75, 3.05) is 27.4 Å². The van der Waals surface area contributed by atoms with Gasteiger partial charge in [0.25, 0.3) is 0 Å². The van der Waals surface area contributed by atoms with Gasteiger partial charge in [0, 0.05) is 18.2 Å². The third-order valence-electron chi connectivity index (χ3n) is 4.44. The zero-order valence-electron chi connectivity index (χ0n) is 15.9. The van der Waals surface area contributed by atoms with Crippen LogP contribution < -0.4 is 14.8 Å². The molecule has 0 aliphatic carbocycles. The van der Waals surface area contributed by atoms with Crippen LogP contribution in [0.2, 0.25) is 0 Å². The molecule has 0 aromatic heterocycles. The Morgan fingerprint density at radius 3 is 2.70 bits per heavy atom. The van der Waals surface area contributed by atoms with Crippen LogP contribution in [0.5, 0.6) is 11.5 Å². The van der Waals surface area contributed by atoms with Gasteiger partial charge in [-0.3, -0.25) is 9.59 Å². The third-order valence-corrected chi connectivity index (χ3v) is 4.44. The van der Waals surface area contributed by atoms with E-state index in [-0.39, 0.29) is 12.5 Å². The molecule has 0 bridgehead atoms. The largest absolute Gasteiger partial charge is 0.497 e. The molecule has 3 unspecified atom stereocenters. The number of carbonyl (C=O) groups excluding carboxylic acids is 1. The summed E-state index contributed by atoms with van der Waals surface area (Å²) in [5.41, 5.74) is 0.556. The molecular formula is C19H27NO7. The molecule has 3 atom stereocenters. The molecule has 8 heteroatoms. The number of hydrogen-bond acceptors (Lipinski definition) is 6. The maximum Gasteiger partial charge on any atom is 0.305 e. The van der Waals surface area contributed by atoms with Gasteiger partial charge in [0.2, 0.25) is 5.91 Å². The van der Waals surface area contributed by atoms with E-state index >= 15 is 0 Å². The molecule has 1 fully saturated rings. The van der Waals surface area contributed by atoms with E-state index in [1.807, 2.05) is 0 Å². The van der Waals surface area contributed by atoms with Gasteiger partial charge in [-0.15, -0.1) is 0 Å². The number of ether oxygens (including phenoxy) is 4. The Bertz CT molecular complexity index is 643. The summed E-state index contributed by atoms with van der Waals surface area (Å²) in [4.78, 5) is 23.8. The topological polar surface area (TPSA) is 103 Å². The molecule has 2 rings (SSSR count). The number of rotatable bonds is 10. The van der Waals surface area contributed by atoms with Gasteiger partial charge >= 0.3 is 5.97 Å². The van der Waals surface area contributed by atoms with Crippen LogP contribution in [0.1, 0.15) is 37.8 Å². The number of nitrogens with one attached hydrogen (secondary N) is 1. The van der Waals surface area contributed by atoms with E-state index in [1.54, 1.807) is 25.1 Å². The Balaban J connectivity index is 2.06. The monoisotopic (exact) mass is 381 g/mol. The summed E-state index contributed by atoms with van der Waals surface area (Å²) in [5.74, 6) is -0.415. The maximum absolute atomic E-state index is 12.5. The van der Waals surface area contributed by atoms with Gasteiger partial charge in [-0.05, 0) is 31.9 Å². The van der Waals surface area contributed by atoms with E-state index in [9.17, 15) is 14.7 Å². The molecule has 1 aromatic carbocycles. The highest BCUT2D eigenvalue weighted by molar-refractivity contribution is 5.81. The predicted molar refractivity (Wildman–Crippen MR) is 97.1 cm³/mol. The minimum atomic E-state index is -1.04. The summed E-state index contributed by atoms with van der Waals surface area (Å²) in [6.45, 7) is 2.68. The van der Waals surface area contributed by atoms with Crippen LogP contribution in [0.25, 0.3) is 0 Å². The molecule has 27 heavy (non-hydrogen) atoms. The summed E-state index contributed by atoms with van der Waals surface area (Å²) in [6, 6.07) is 4.26. The van der Waals surface area contributed by atoms with Crippen LogP contribution in [0.3, 0.4) is 0 Å². The Labute approximate surface area is 158 Å². The first-order valence-electron chi connectivity index (χ1n) is 8.92. The van der Waals surface area contributed by atoms with Crippen molar-refractivity contribution in [1.82, 2.24) is 5.32 Å². The lowest BCUT2D eigenvalue weighted by atomic mass is 10.0. The van der Waals surface area contributed by atoms with Crippen molar-refractivity contribution in [1.29, 1.82) is 0 Å². The average Bonchev–Trinajstić information content (AvgIpc) is 3.18. The lowest BCUT2D eigenvalue weighted by Gasteiger charge is -2.23. The predicted octanol–water partition coefficient (Wildman–Crippen LogP) is 1.92. The first-order chi connectivity index (χ1) is 12.9. The quantitative estimate of drug-likeness (QED) is 0.638. The fraction of sp³-hybridized carbons (Fsp3) is 0.579.